The number of nitrogens with zero attached hydrogens (tertiary/aromatic N) is 2. The Morgan fingerprint density at radius 1 is 0.854 bits per heavy atom. The number of benzene rings is 4. The summed E-state index contributed by atoms with van der Waals surface area (Å²) in [5.74, 6) is 6.17. The van der Waals surface area contributed by atoms with Crippen molar-refractivity contribution in [3.63, 3.8) is 0 Å². The Morgan fingerprint density at radius 3 is 2.44 bits per heavy atom. The van der Waals surface area contributed by atoms with Crippen LogP contribution in [0.15, 0.2) is 103 Å². The summed E-state index contributed by atoms with van der Waals surface area (Å²) >= 11 is -0.286. The maximum atomic E-state index is 14.1. The van der Waals surface area contributed by atoms with Gasteiger partial charge in [0.1, 0.15) is 0 Å². The minimum absolute atomic E-state index is 0. The molecular formula is C42H37FGeIrN2S-2. The third kappa shape index (κ3) is 7.11. The van der Waals surface area contributed by atoms with Gasteiger partial charge in [-0.25, -0.2) is 0 Å². The van der Waals surface area contributed by atoms with Gasteiger partial charge in [0.05, 0.1) is 0 Å². The van der Waals surface area contributed by atoms with E-state index in [1.54, 1.807) is 35.9 Å². The number of pyridine rings is 2. The Hall–Kier alpha value is -3.48. The zero-order valence-electron chi connectivity index (χ0n) is 33.7. The summed E-state index contributed by atoms with van der Waals surface area (Å²) < 4.78 is 73.6. The second-order valence-electron chi connectivity index (χ2n) is 12.5. The first-order valence-corrected chi connectivity index (χ1v) is 23.7. The molecule has 8 rings (SSSR count). The van der Waals surface area contributed by atoms with Crippen LogP contribution < -0.4 is 4.40 Å². The van der Waals surface area contributed by atoms with E-state index in [1.165, 1.54) is 10.5 Å². The number of hydrogen-bond acceptors (Lipinski definition) is 3. The first-order chi connectivity index (χ1) is 25.4. The van der Waals surface area contributed by atoms with E-state index in [1.807, 2.05) is 36.4 Å². The van der Waals surface area contributed by atoms with Gasteiger partial charge >= 0.3 is 114 Å². The minimum Gasteiger partial charge on any atom is -0.304 e. The fourth-order valence-electron chi connectivity index (χ4n) is 5.74. The maximum Gasteiger partial charge on any atom is 0.0316 e. The van der Waals surface area contributed by atoms with Crippen molar-refractivity contribution in [1.29, 1.82) is 0 Å². The Kier molecular flexibility index (Phi) is 8.01. The molecule has 7 aromatic rings. The number of thiophene rings is 1. The van der Waals surface area contributed by atoms with Crippen molar-refractivity contribution >= 4 is 49.2 Å². The molecule has 3 heterocycles. The van der Waals surface area contributed by atoms with Crippen molar-refractivity contribution in [2.75, 3.05) is 0 Å². The van der Waals surface area contributed by atoms with Crippen LogP contribution >= 0.6 is 11.3 Å². The molecule has 48 heavy (non-hydrogen) atoms. The van der Waals surface area contributed by atoms with E-state index >= 15 is 0 Å². The average molecular weight is 893 g/mol. The number of halogens is 1. The third-order valence-electron chi connectivity index (χ3n) is 8.25. The maximum absolute atomic E-state index is 14.1. The first-order valence-electron chi connectivity index (χ1n) is 19.1. The van der Waals surface area contributed by atoms with Gasteiger partial charge in [-0.15, -0.1) is 23.8 Å². The molecule has 0 amide bonds. The molecule has 1 radical (unpaired) electrons. The average Bonchev–Trinajstić information content (AvgIpc) is 3.52. The number of hydrogen-bond donors (Lipinski definition) is 0. The quantitative estimate of drug-likeness (QED) is 0.130. The molecule has 0 saturated carbocycles. The van der Waals surface area contributed by atoms with Crippen molar-refractivity contribution in [2.24, 2.45) is 0 Å². The van der Waals surface area contributed by atoms with Crippen molar-refractivity contribution in [1.82, 2.24) is 9.97 Å². The van der Waals surface area contributed by atoms with Crippen molar-refractivity contribution in [3.05, 3.63) is 138 Å². The molecule has 0 atom stereocenters. The number of fused-ring (bicyclic) bond motifs is 4. The summed E-state index contributed by atoms with van der Waals surface area (Å²) in [5.41, 5.74) is 4.96. The van der Waals surface area contributed by atoms with E-state index in [9.17, 15) is 4.39 Å². The molecular weight excluding hydrogens is 848 g/mol. The number of rotatable bonds is 4. The monoisotopic (exact) mass is 894 g/mol. The Labute approximate surface area is 313 Å². The third-order valence-corrected chi connectivity index (χ3v) is 13.7. The molecule has 0 fully saturated rings. The van der Waals surface area contributed by atoms with Gasteiger partial charge in [0.15, 0.2) is 0 Å². The first kappa shape index (κ1) is 26.4. The van der Waals surface area contributed by atoms with E-state index < -0.39 is 38.7 Å². The van der Waals surface area contributed by atoms with Crippen LogP contribution in [0.3, 0.4) is 0 Å². The van der Waals surface area contributed by atoms with Gasteiger partial charge in [-0.2, -0.15) is 11.3 Å². The van der Waals surface area contributed by atoms with Gasteiger partial charge in [0.2, 0.25) is 0 Å². The van der Waals surface area contributed by atoms with Crippen LogP contribution in [-0.2, 0) is 32.9 Å². The molecule has 1 aliphatic rings. The largest absolute Gasteiger partial charge is 0.304 e. The fourth-order valence-corrected chi connectivity index (χ4v) is 9.15. The second kappa shape index (κ2) is 14.6. The van der Waals surface area contributed by atoms with Gasteiger partial charge < -0.3 is 4.98 Å². The van der Waals surface area contributed by atoms with Crippen molar-refractivity contribution in [3.8, 4) is 33.6 Å². The zero-order chi connectivity index (χ0) is 38.6. The Balaban J connectivity index is 0.000000204. The van der Waals surface area contributed by atoms with Crippen LogP contribution in [0.1, 0.15) is 39.1 Å². The van der Waals surface area contributed by atoms with Crippen molar-refractivity contribution < 1.29 is 34.1 Å². The number of aryl methyl sites for hydroxylation is 2. The predicted molar refractivity (Wildman–Crippen MR) is 200 cm³/mol. The Bertz CT molecular complexity index is 2500. The van der Waals surface area contributed by atoms with Crippen molar-refractivity contribution in [2.45, 2.75) is 49.7 Å². The molecule has 0 unspecified atom stereocenters. The molecule has 0 aliphatic heterocycles. The summed E-state index contributed by atoms with van der Waals surface area (Å²) in [6.07, 6.45) is 0.472. The summed E-state index contributed by atoms with van der Waals surface area (Å²) in [4.78, 5) is 8.88. The van der Waals surface area contributed by atoms with Gasteiger partial charge in [-0.1, -0.05) is 59.0 Å². The summed E-state index contributed by atoms with van der Waals surface area (Å²) in [5, 5.41) is 2.23. The van der Waals surface area contributed by atoms with Gasteiger partial charge in [0.25, 0.3) is 0 Å². The van der Waals surface area contributed by atoms with E-state index in [0.717, 1.165) is 42.9 Å². The van der Waals surface area contributed by atoms with E-state index in [0.29, 0.717) is 22.5 Å². The molecule has 6 heteroatoms. The van der Waals surface area contributed by atoms with Crippen LogP contribution in [0.4, 0.5) is 4.39 Å². The molecule has 243 valence electrons. The number of aromatic nitrogens is 2. The van der Waals surface area contributed by atoms with E-state index in [2.05, 4.69) is 69.7 Å². The van der Waals surface area contributed by atoms with E-state index in [-0.39, 0.29) is 44.1 Å². The standard InChI is InChI=1S/C27H20NS.C15H17FGeN.Ir/c1-2-7-18(8-3-1)20-13-14-22-23-11-6-12-24(27(23)29-25(22)17-20)26-21-10-5-4-9-19(21)15-16-28-26;1-11-5-7-13(14(16)9-11)15-8-6-12(10-18-15)17(2,3)4;/h1-3,6-8,11,13-17H,4-5,9-10H2;5-6,8-10H,1-4H3;/q2*-1;/i9D2,10D2;1D3;. The summed E-state index contributed by atoms with van der Waals surface area (Å²) in [7, 11) is 0. The van der Waals surface area contributed by atoms with Gasteiger partial charge in [-0.05, 0) is 64.6 Å². The van der Waals surface area contributed by atoms with Crippen LogP contribution in [0, 0.1) is 24.8 Å². The second-order valence-corrected chi connectivity index (χ2v) is 24.2. The predicted octanol–water partition coefficient (Wildman–Crippen LogP) is 11.0. The van der Waals surface area contributed by atoms with E-state index in [4.69, 9.17) is 9.60 Å². The Morgan fingerprint density at radius 2 is 1.69 bits per heavy atom. The zero-order valence-corrected chi connectivity index (χ0v) is 32.1. The molecule has 4 aromatic carbocycles. The molecule has 2 nitrogen and oxygen atoms in total. The molecule has 0 bridgehead atoms. The summed E-state index contributed by atoms with van der Waals surface area (Å²) in [6, 6.07) is 34.4. The smallest absolute Gasteiger partial charge is 0.0316 e. The van der Waals surface area contributed by atoms with Crippen LogP contribution in [0.25, 0.3) is 53.8 Å². The molecule has 1 aliphatic carbocycles. The normalized spacial score (nSPS) is 17.1. The van der Waals surface area contributed by atoms with Crippen LogP contribution in [0.2, 0.25) is 17.3 Å². The molecule has 0 N–H and O–H groups in total. The molecule has 0 spiro atoms. The van der Waals surface area contributed by atoms with Gasteiger partial charge in [-0.3, -0.25) is 0 Å². The van der Waals surface area contributed by atoms with Gasteiger partial charge in [0, 0.05) is 36.5 Å². The summed E-state index contributed by atoms with van der Waals surface area (Å²) in [6.45, 7) is -2.33. The van der Waals surface area contributed by atoms with Crippen LogP contribution in [0.5, 0.6) is 0 Å². The molecule has 3 aromatic heterocycles. The fraction of sp³-hybridized carbons (Fsp3) is 0.190. The van der Waals surface area contributed by atoms with Crippen LogP contribution in [-0.4, -0.2) is 23.2 Å². The topological polar surface area (TPSA) is 25.8 Å². The molecule has 0 saturated heterocycles. The SMILES string of the molecule is [2H]C([2H])([2H])c1c[c-]c(-c2cc[c]([Ge]([CH3])([CH3])[CH3])cn2)c(F)c1.[2H]C1([2H])CCC([2H])([2H])c2c1ccnc2-c1[c-]ccc2c1sc1cc(-c3ccccc3)ccc12.[Ir]. The minimum atomic E-state index is -2.33.